The van der Waals surface area contributed by atoms with Gasteiger partial charge in [-0.2, -0.15) is 0 Å². The molecule has 0 N–H and O–H groups in total. The molecule has 0 heterocycles. The second-order valence-corrected chi connectivity index (χ2v) is 6.77. The molecule has 2 nitrogen and oxygen atoms in total. The Kier molecular flexibility index (Phi) is 6.82. The van der Waals surface area contributed by atoms with Gasteiger partial charge in [0.2, 0.25) is 0 Å². The van der Waals surface area contributed by atoms with Crippen molar-refractivity contribution in [2.75, 3.05) is 0 Å². The Hall–Kier alpha value is -2.16. The second-order valence-electron chi connectivity index (χ2n) is 6.77. The lowest BCUT2D eigenvalue weighted by Crippen LogP contribution is -2.29. The monoisotopic (exact) mass is 338 g/mol. The highest BCUT2D eigenvalue weighted by Gasteiger charge is 2.03. The molecule has 3 rings (SSSR count). The Bertz CT molecular complexity index is 732. The van der Waals surface area contributed by atoms with Crippen LogP contribution in [0.5, 0.6) is 0 Å². The molecule has 0 aromatic heterocycles. The van der Waals surface area contributed by atoms with Gasteiger partial charge < -0.3 is 9.14 Å². The van der Waals surface area contributed by atoms with Gasteiger partial charge in [0.15, 0.2) is 0 Å². The summed E-state index contributed by atoms with van der Waals surface area (Å²) >= 11 is 0. The molecule has 6 heteroatoms. The van der Waals surface area contributed by atoms with E-state index in [1.54, 1.807) is 0 Å². The molecule has 0 atom stereocenters. The van der Waals surface area contributed by atoms with Gasteiger partial charge in [0.25, 0.3) is 29.9 Å². The van der Waals surface area contributed by atoms with E-state index >= 15 is 0 Å². The van der Waals surface area contributed by atoms with Gasteiger partial charge in [-0.05, 0) is 13.8 Å². The molecule has 0 unspecified atom stereocenters. The van der Waals surface area contributed by atoms with E-state index in [2.05, 4.69) is 86.6 Å². The molecule has 3 aromatic rings. The van der Waals surface area contributed by atoms with E-state index in [0.717, 1.165) is 0 Å². The zero-order valence-corrected chi connectivity index (χ0v) is 15.6. The van der Waals surface area contributed by atoms with Crippen molar-refractivity contribution in [3.8, 4) is 0 Å². The molecule has 0 aliphatic rings. The number of rotatable bonds is 8. The van der Waals surface area contributed by atoms with Crippen molar-refractivity contribution >= 4 is 51.8 Å². The summed E-state index contributed by atoms with van der Waals surface area (Å²) in [5, 5.41) is 0. The lowest BCUT2D eigenvalue weighted by molar-refractivity contribution is 0.662. The van der Waals surface area contributed by atoms with Gasteiger partial charge in [0.05, 0.1) is 0 Å². The summed E-state index contributed by atoms with van der Waals surface area (Å²) < 4.78 is 11.6. The molecule has 0 bridgehead atoms. The molecule has 126 valence electrons. The lowest BCUT2D eigenvalue weighted by Gasteiger charge is -2.05. The first-order valence-electron chi connectivity index (χ1n) is 9.03. The SMILES string of the molecule is Cc1ccc(BOBc2ccc(BOBc3ccc(C)cc3)cc2)cc1. The van der Waals surface area contributed by atoms with Gasteiger partial charge in [-0.3, -0.25) is 0 Å². The first kappa shape index (κ1) is 18.6. The van der Waals surface area contributed by atoms with Gasteiger partial charge in [-0.15, -0.1) is 0 Å². The van der Waals surface area contributed by atoms with Gasteiger partial charge in [0.1, 0.15) is 0 Å². The first-order valence-corrected chi connectivity index (χ1v) is 9.03. The topological polar surface area (TPSA) is 18.5 Å². The van der Waals surface area contributed by atoms with Crippen LogP contribution in [0.4, 0.5) is 0 Å². The van der Waals surface area contributed by atoms with Gasteiger partial charge in [-0.1, -0.05) is 106 Å². The summed E-state index contributed by atoms with van der Waals surface area (Å²) in [6.45, 7) is 4.19. The standard InChI is InChI=1S/C20H22B4O2/c1-15-3-7-17(8-4-15)21-25-23-19-11-13-20(14-12-19)24-26-22-18-9-5-16(2)6-10-18/h3-14,21-24H,1-2H3. The third-order valence-corrected chi connectivity index (χ3v) is 4.34. The summed E-state index contributed by atoms with van der Waals surface area (Å²) in [6.07, 6.45) is 0. The Balaban J connectivity index is 1.40. The number of benzene rings is 3. The summed E-state index contributed by atoms with van der Waals surface area (Å²) in [4.78, 5) is 0. The molecule has 0 saturated carbocycles. The molecule has 0 fully saturated rings. The van der Waals surface area contributed by atoms with Crippen LogP contribution in [0.3, 0.4) is 0 Å². The molecular weight excluding hydrogens is 315 g/mol. The second kappa shape index (κ2) is 9.51. The Labute approximate surface area is 159 Å². The Morgan fingerprint density at radius 2 is 0.654 bits per heavy atom. The molecular formula is C20H22B4O2. The van der Waals surface area contributed by atoms with Crippen LogP contribution >= 0.6 is 0 Å². The third-order valence-electron chi connectivity index (χ3n) is 4.34. The van der Waals surface area contributed by atoms with E-state index in [4.69, 9.17) is 9.14 Å². The van der Waals surface area contributed by atoms with Crippen LogP contribution in [0, 0.1) is 13.8 Å². The van der Waals surface area contributed by atoms with Crippen LogP contribution in [-0.2, 0) is 9.14 Å². The van der Waals surface area contributed by atoms with Crippen molar-refractivity contribution in [2.45, 2.75) is 13.8 Å². The highest BCUT2D eigenvalue weighted by molar-refractivity contribution is 6.61. The van der Waals surface area contributed by atoms with Crippen molar-refractivity contribution < 1.29 is 9.14 Å². The first-order chi connectivity index (χ1) is 12.7. The van der Waals surface area contributed by atoms with Crippen LogP contribution in [0.1, 0.15) is 11.1 Å². The molecule has 0 radical (unpaired) electrons. The maximum Gasteiger partial charge on any atom is 0.292 e. The predicted octanol–water partition coefficient (Wildman–Crippen LogP) is -0.356. The van der Waals surface area contributed by atoms with E-state index in [1.807, 2.05) is 0 Å². The summed E-state index contributed by atoms with van der Waals surface area (Å²) in [5.41, 5.74) is 7.31. The van der Waals surface area contributed by atoms with Crippen LogP contribution in [0.2, 0.25) is 0 Å². The summed E-state index contributed by atoms with van der Waals surface area (Å²) in [6, 6.07) is 25.4. The molecule has 0 saturated heterocycles. The largest absolute Gasteiger partial charge is 0.497 e. The molecule has 3 aromatic carbocycles. The van der Waals surface area contributed by atoms with Crippen LogP contribution in [-0.4, -0.2) is 29.9 Å². The van der Waals surface area contributed by atoms with Crippen molar-refractivity contribution in [1.29, 1.82) is 0 Å². The van der Waals surface area contributed by atoms with Crippen molar-refractivity contribution in [2.24, 2.45) is 0 Å². The minimum atomic E-state index is 0.623. The lowest BCUT2D eigenvalue weighted by atomic mass is 9.77. The molecule has 26 heavy (non-hydrogen) atoms. The van der Waals surface area contributed by atoms with E-state index < -0.39 is 0 Å². The minimum absolute atomic E-state index is 0.623. The highest BCUT2D eigenvalue weighted by Crippen LogP contribution is 1.93. The van der Waals surface area contributed by atoms with Gasteiger partial charge in [-0.25, -0.2) is 0 Å². The van der Waals surface area contributed by atoms with E-state index in [-0.39, 0.29) is 0 Å². The minimum Gasteiger partial charge on any atom is -0.497 e. The number of hydrogen-bond donors (Lipinski definition) is 0. The molecule has 0 aliphatic heterocycles. The third kappa shape index (κ3) is 5.98. The van der Waals surface area contributed by atoms with E-state index in [0.29, 0.717) is 29.9 Å². The van der Waals surface area contributed by atoms with Crippen molar-refractivity contribution in [3.63, 3.8) is 0 Å². The summed E-state index contributed by atoms with van der Waals surface area (Å²) in [7, 11) is 2.53. The highest BCUT2D eigenvalue weighted by atomic mass is 16.4. The molecule has 0 spiro atoms. The average molecular weight is 338 g/mol. The fourth-order valence-corrected chi connectivity index (χ4v) is 2.67. The Morgan fingerprint density at radius 1 is 0.423 bits per heavy atom. The summed E-state index contributed by atoms with van der Waals surface area (Å²) in [5.74, 6) is 0. The fourth-order valence-electron chi connectivity index (χ4n) is 2.67. The Morgan fingerprint density at radius 3 is 0.923 bits per heavy atom. The molecule has 0 amide bonds. The smallest absolute Gasteiger partial charge is 0.292 e. The van der Waals surface area contributed by atoms with Crippen molar-refractivity contribution in [3.05, 3.63) is 83.9 Å². The number of hydrogen-bond acceptors (Lipinski definition) is 2. The normalized spacial score (nSPS) is 10.2. The number of aryl methyl sites for hydroxylation is 2. The van der Waals surface area contributed by atoms with Gasteiger partial charge >= 0.3 is 0 Å². The fraction of sp³-hybridized carbons (Fsp3) is 0.100. The predicted molar refractivity (Wildman–Crippen MR) is 118 cm³/mol. The zero-order chi connectivity index (χ0) is 18.2. The molecule has 0 aliphatic carbocycles. The van der Waals surface area contributed by atoms with Crippen LogP contribution in [0.25, 0.3) is 0 Å². The van der Waals surface area contributed by atoms with Crippen molar-refractivity contribution in [1.82, 2.24) is 0 Å². The van der Waals surface area contributed by atoms with E-state index in [1.165, 1.54) is 33.0 Å². The maximum atomic E-state index is 5.80. The van der Waals surface area contributed by atoms with Crippen LogP contribution in [0.15, 0.2) is 72.8 Å². The average Bonchev–Trinajstić information content (AvgIpc) is 2.66. The quantitative estimate of drug-likeness (QED) is 0.523. The van der Waals surface area contributed by atoms with Gasteiger partial charge in [0, 0.05) is 0 Å². The van der Waals surface area contributed by atoms with E-state index in [9.17, 15) is 0 Å². The maximum absolute atomic E-state index is 5.80. The van der Waals surface area contributed by atoms with Crippen LogP contribution < -0.4 is 21.9 Å². The zero-order valence-electron chi connectivity index (χ0n) is 15.6.